The number of nitrogens with one attached hydrogen (secondary N) is 1. The number of hydrogen-bond donors (Lipinski definition) is 1. The Morgan fingerprint density at radius 3 is 3.00 bits per heavy atom. The summed E-state index contributed by atoms with van der Waals surface area (Å²) in [5, 5.41) is 3.28. The second kappa shape index (κ2) is 5.54. The Hall–Kier alpha value is -1.09. The SMILES string of the molecule is COCCCNc1cncc(C)c1. The van der Waals surface area contributed by atoms with Crippen molar-refractivity contribution in [1.29, 1.82) is 0 Å². The Morgan fingerprint density at radius 1 is 1.46 bits per heavy atom. The zero-order valence-corrected chi connectivity index (χ0v) is 8.21. The van der Waals surface area contributed by atoms with Crippen LogP contribution >= 0.6 is 0 Å². The van der Waals surface area contributed by atoms with Gasteiger partial charge in [0.25, 0.3) is 0 Å². The summed E-state index contributed by atoms with van der Waals surface area (Å²) < 4.78 is 4.95. The number of rotatable bonds is 5. The molecular formula is C10H16N2O. The molecule has 0 unspecified atom stereocenters. The topological polar surface area (TPSA) is 34.1 Å². The van der Waals surface area contributed by atoms with Crippen LogP contribution in [0.1, 0.15) is 12.0 Å². The van der Waals surface area contributed by atoms with E-state index in [-0.39, 0.29) is 0 Å². The monoisotopic (exact) mass is 180 g/mol. The van der Waals surface area contributed by atoms with Crippen LogP contribution in [0.3, 0.4) is 0 Å². The predicted molar refractivity (Wildman–Crippen MR) is 54.0 cm³/mol. The number of methoxy groups -OCH3 is 1. The lowest BCUT2D eigenvalue weighted by atomic mass is 10.3. The number of nitrogens with zero attached hydrogens (tertiary/aromatic N) is 1. The van der Waals surface area contributed by atoms with Gasteiger partial charge in [-0.25, -0.2) is 0 Å². The molecule has 0 atom stereocenters. The molecule has 0 spiro atoms. The molecule has 1 rings (SSSR count). The van der Waals surface area contributed by atoms with E-state index in [1.807, 2.05) is 19.3 Å². The van der Waals surface area contributed by atoms with Crippen molar-refractivity contribution in [2.75, 3.05) is 25.6 Å². The molecule has 0 amide bonds. The van der Waals surface area contributed by atoms with E-state index in [1.54, 1.807) is 7.11 Å². The number of ether oxygens (including phenoxy) is 1. The third kappa shape index (κ3) is 3.90. The molecule has 0 fully saturated rings. The molecule has 3 heteroatoms. The zero-order valence-electron chi connectivity index (χ0n) is 8.21. The van der Waals surface area contributed by atoms with Crippen LogP contribution in [0.25, 0.3) is 0 Å². The Labute approximate surface area is 79.1 Å². The van der Waals surface area contributed by atoms with Crippen LogP contribution in [0.4, 0.5) is 5.69 Å². The van der Waals surface area contributed by atoms with Gasteiger partial charge in [0.05, 0.1) is 5.69 Å². The van der Waals surface area contributed by atoms with Crippen LogP contribution in [0.2, 0.25) is 0 Å². The molecule has 3 nitrogen and oxygen atoms in total. The number of anilines is 1. The third-order valence-electron chi connectivity index (χ3n) is 1.73. The fourth-order valence-electron chi connectivity index (χ4n) is 1.10. The standard InChI is InChI=1S/C10H16N2O/c1-9-6-10(8-11-7-9)12-4-3-5-13-2/h6-8,12H,3-5H2,1-2H3. The van der Waals surface area contributed by atoms with Crippen molar-refractivity contribution < 1.29 is 4.74 Å². The van der Waals surface area contributed by atoms with E-state index in [1.165, 1.54) is 5.56 Å². The maximum atomic E-state index is 4.95. The molecule has 0 saturated heterocycles. The number of pyridine rings is 1. The number of aromatic nitrogens is 1. The number of aryl methyl sites for hydroxylation is 1. The molecule has 0 aromatic carbocycles. The minimum absolute atomic E-state index is 0.798. The summed E-state index contributed by atoms with van der Waals surface area (Å²) in [4.78, 5) is 4.09. The lowest BCUT2D eigenvalue weighted by molar-refractivity contribution is 0.198. The van der Waals surface area contributed by atoms with Gasteiger partial charge in [-0.05, 0) is 25.0 Å². The van der Waals surface area contributed by atoms with Crippen LogP contribution in [-0.2, 0) is 4.74 Å². The van der Waals surface area contributed by atoms with Crippen molar-refractivity contribution in [2.24, 2.45) is 0 Å². The van der Waals surface area contributed by atoms with Crippen molar-refractivity contribution in [3.63, 3.8) is 0 Å². The average Bonchev–Trinajstić information content (AvgIpc) is 2.13. The Bertz CT molecular complexity index is 250. The Balaban J connectivity index is 2.28. The molecular weight excluding hydrogens is 164 g/mol. The van der Waals surface area contributed by atoms with E-state index >= 15 is 0 Å². The fraction of sp³-hybridized carbons (Fsp3) is 0.500. The quantitative estimate of drug-likeness (QED) is 0.702. The molecule has 0 saturated carbocycles. The molecule has 0 aliphatic heterocycles. The van der Waals surface area contributed by atoms with Crippen molar-refractivity contribution in [2.45, 2.75) is 13.3 Å². The van der Waals surface area contributed by atoms with E-state index in [2.05, 4.69) is 16.4 Å². The first-order chi connectivity index (χ1) is 6.33. The van der Waals surface area contributed by atoms with E-state index in [0.29, 0.717) is 0 Å². The summed E-state index contributed by atoms with van der Waals surface area (Å²) in [5.41, 5.74) is 2.26. The van der Waals surface area contributed by atoms with Gasteiger partial charge in [0, 0.05) is 32.7 Å². The highest BCUT2D eigenvalue weighted by Crippen LogP contribution is 2.06. The minimum Gasteiger partial charge on any atom is -0.385 e. The van der Waals surface area contributed by atoms with Crippen molar-refractivity contribution in [1.82, 2.24) is 4.98 Å². The maximum Gasteiger partial charge on any atom is 0.0529 e. The van der Waals surface area contributed by atoms with E-state index in [9.17, 15) is 0 Å². The molecule has 13 heavy (non-hydrogen) atoms. The van der Waals surface area contributed by atoms with Gasteiger partial charge < -0.3 is 10.1 Å². The first-order valence-electron chi connectivity index (χ1n) is 4.47. The summed E-state index contributed by atoms with van der Waals surface area (Å²) in [5.74, 6) is 0. The minimum atomic E-state index is 0.798. The Kier molecular flexibility index (Phi) is 4.26. The highest BCUT2D eigenvalue weighted by Gasteiger charge is 1.91. The summed E-state index contributed by atoms with van der Waals surface area (Å²) >= 11 is 0. The van der Waals surface area contributed by atoms with E-state index in [0.717, 1.165) is 25.3 Å². The molecule has 0 aliphatic rings. The second-order valence-corrected chi connectivity index (χ2v) is 3.02. The van der Waals surface area contributed by atoms with Gasteiger partial charge in [-0.1, -0.05) is 0 Å². The summed E-state index contributed by atoms with van der Waals surface area (Å²) in [7, 11) is 1.72. The zero-order chi connectivity index (χ0) is 9.52. The van der Waals surface area contributed by atoms with Crippen molar-refractivity contribution in [3.8, 4) is 0 Å². The summed E-state index contributed by atoms with van der Waals surface area (Å²) in [6.45, 7) is 3.76. The fourth-order valence-corrected chi connectivity index (χ4v) is 1.10. The number of hydrogen-bond acceptors (Lipinski definition) is 3. The third-order valence-corrected chi connectivity index (χ3v) is 1.73. The van der Waals surface area contributed by atoms with Gasteiger partial charge >= 0.3 is 0 Å². The molecule has 0 aliphatic carbocycles. The molecule has 1 aromatic heterocycles. The molecule has 0 bridgehead atoms. The van der Waals surface area contributed by atoms with E-state index in [4.69, 9.17) is 4.74 Å². The molecule has 1 aromatic rings. The lowest BCUT2D eigenvalue weighted by Gasteiger charge is -2.05. The van der Waals surface area contributed by atoms with Gasteiger partial charge in [0.1, 0.15) is 0 Å². The first kappa shape index (κ1) is 9.99. The van der Waals surface area contributed by atoms with Crippen LogP contribution < -0.4 is 5.32 Å². The summed E-state index contributed by atoms with van der Waals surface area (Å²) in [6.07, 6.45) is 4.70. The van der Waals surface area contributed by atoms with Gasteiger partial charge in [-0.15, -0.1) is 0 Å². The highest BCUT2D eigenvalue weighted by molar-refractivity contribution is 5.42. The highest BCUT2D eigenvalue weighted by atomic mass is 16.5. The van der Waals surface area contributed by atoms with Crippen LogP contribution in [-0.4, -0.2) is 25.2 Å². The van der Waals surface area contributed by atoms with Gasteiger partial charge in [-0.2, -0.15) is 0 Å². The largest absolute Gasteiger partial charge is 0.385 e. The Morgan fingerprint density at radius 2 is 2.31 bits per heavy atom. The second-order valence-electron chi connectivity index (χ2n) is 3.02. The first-order valence-corrected chi connectivity index (χ1v) is 4.47. The van der Waals surface area contributed by atoms with Gasteiger partial charge in [0.15, 0.2) is 0 Å². The molecule has 1 N–H and O–H groups in total. The van der Waals surface area contributed by atoms with Gasteiger partial charge in [0.2, 0.25) is 0 Å². The van der Waals surface area contributed by atoms with Gasteiger partial charge in [-0.3, -0.25) is 4.98 Å². The summed E-state index contributed by atoms with van der Waals surface area (Å²) in [6, 6.07) is 2.08. The van der Waals surface area contributed by atoms with Crippen molar-refractivity contribution >= 4 is 5.69 Å². The van der Waals surface area contributed by atoms with Crippen molar-refractivity contribution in [3.05, 3.63) is 24.0 Å². The predicted octanol–water partition coefficient (Wildman–Crippen LogP) is 1.84. The molecule has 0 radical (unpaired) electrons. The molecule has 1 heterocycles. The molecule has 72 valence electrons. The van der Waals surface area contributed by atoms with Crippen LogP contribution in [0.5, 0.6) is 0 Å². The van der Waals surface area contributed by atoms with Crippen LogP contribution in [0, 0.1) is 6.92 Å². The average molecular weight is 180 g/mol. The van der Waals surface area contributed by atoms with E-state index < -0.39 is 0 Å². The normalized spacial score (nSPS) is 10.0. The smallest absolute Gasteiger partial charge is 0.0529 e. The van der Waals surface area contributed by atoms with Crippen LogP contribution in [0.15, 0.2) is 18.5 Å². The maximum absolute atomic E-state index is 4.95. The lowest BCUT2D eigenvalue weighted by Crippen LogP contribution is -2.04.